The normalized spacial score (nSPS) is 19.3. The molecule has 2 aliphatic heterocycles. The Morgan fingerprint density at radius 2 is 1.62 bits per heavy atom. The minimum Gasteiger partial charge on any atom is -0.379 e. The summed E-state index contributed by atoms with van der Waals surface area (Å²) >= 11 is 0. The van der Waals surface area contributed by atoms with E-state index in [0.29, 0.717) is 51.6 Å². The van der Waals surface area contributed by atoms with Gasteiger partial charge in [0.15, 0.2) is 5.69 Å². The first-order valence-corrected chi connectivity index (χ1v) is 11.3. The minimum atomic E-state index is -0.296. The molecule has 3 heterocycles. The Bertz CT molecular complexity index is 992. The molecule has 2 amide bonds. The van der Waals surface area contributed by atoms with Crippen molar-refractivity contribution in [2.75, 3.05) is 59.0 Å². The molecule has 0 spiro atoms. The monoisotopic (exact) mass is 441 g/mol. The van der Waals surface area contributed by atoms with E-state index in [0.717, 1.165) is 49.3 Å². The van der Waals surface area contributed by atoms with Gasteiger partial charge in [-0.25, -0.2) is 9.07 Å². The van der Waals surface area contributed by atoms with Crippen LogP contribution >= 0.6 is 0 Å². The summed E-state index contributed by atoms with van der Waals surface area (Å²) in [4.78, 5) is 31.7. The zero-order chi connectivity index (χ0) is 22.1. The molecule has 2 saturated heterocycles. The first kappa shape index (κ1) is 21.1. The third-order valence-electron chi connectivity index (χ3n) is 6.59. The number of ether oxygens (including phenoxy) is 1. The Labute approximate surface area is 186 Å². The highest BCUT2D eigenvalue weighted by Gasteiger charge is 2.32. The summed E-state index contributed by atoms with van der Waals surface area (Å²) in [5.74, 6) is -0.264. The number of carbonyl (C=O) groups is 2. The van der Waals surface area contributed by atoms with Gasteiger partial charge in [0, 0.05) is 50.5 Å². The molecule has 1 aromatic heterocycles. The smallest absolute Gasteiger partial charge is 0.274 e. The largest absolute Gasteiger partial charge is 0.379 e. The van der Waals surface area contributed by atoms with Gasteiger partial charge in [0.2, 0.25) is 5.91 Å². The van der Waals surface area contributed by atoms with Crippen molar-refractivity contribution in [3.8, 4) is 5.69 Å². The van der Waals surface area contributed by atoms with Gasteiger partial charge >= 0.3 is 0 Å². The lowest BCUT2D eigenvalue weighted by Gasteiger charge is -2.36. The number of amides is 2. The first-order valence-electron chi connectivity index (χ1n) is 11.3. The second kappa shape index (κ2) is 8.99. The molecule has 2 aromatic rings. The fourth-order valence-electron chi connectivity index (χ4n) is 4.76. The highest BCUT2D eigenvalue weighted by molar-refractivity contribution is 5.94. The lowest BCUT2D eigenvalue weighted by molar-refractivity contribution is -0.134. The summed E-state index contributed by atoms with van der Waals surface area (Å²) in [5, 5.41) is 4.64. The minimum absolute atomic E-state index is 0.0794. The zero-order valence-corrected chi connectivity index (χ0v) is 18.1. The van der Waals surface area contributed by atoms with Crippen molar-refractivity contribution in [1.29, 1.82) is 0 Å². The Kier molecular flexibility index (Phi) is 5.93. The summed E-state index contributed by atoms with van der Waals surface area (Å²) < 4.78 is 20.5. The van der Waals surface area contributed by atoms with Crippen molar-refractivity contribution in [2.24, 2.45) is 0 Å². The molecule has 9 heteroatoms. The molecule has 8 nitrogen and oxygen atoms in total. The highest BCUT2D eigenvalue weighted by atomic mass is 19.1. The number of rotatable bonds is 4. The molecular formula is C23H28FN5O3. The van der Waals surface area contributed by atoms with Crippen molar-refractivity contribution >= 4 is 11.8 Å². The van der Waals surface area contributed by atoms with E-state index >= 15 is 0 Å². The van der Waals surface area contributed by atoms with Crippen LogP contribution in [0.2, 0.25) is 0 Å². The second-order valence-corrected chi connectivity index (χ2v) is 8.58. The van der Waals surface area contributed by atoms with Crippen LogP contribution in [0.3, 0.4) is 0 Å². The van der Waals surface area contributed by atoms with Gasteiger partial charge in [0.25, 0.3) is 5.91 Å². The molecule has 0 bridgehead atoms. The molecule has 1 aliphatic carbocycles. The van der Waals surface area contributed by atoms with Gasteiger partial charge in [0.05, 0.1) is 25.4 Å². The molecule has 3 aliphatic rings. The number of hydrogen-bond acceptors (Lipinski definition) is 5. The van der Waals surface area contributed by atoms with Crippen LogP contribution in [-0.2, 0) is 22.4 Å². The molecule has 1 aromatic carbocycles. The third-order valence-corrected chi connectivity index (χ3v) is 6.59. The van der Waals surface area contributed by atoms with Gasteiger partial charge in [-0.2, -0.15) is 5.10 Å². The van der Waals surface area contributed by atoms with Crippen LogP contribution in [-0.4, -0.2) is 95.3 Å². The zero-order valence-electron chi connectivity index (χ0n) is 18.1. The predicted molar refractivity (Wildman–Crippen MR) is 115 cm³/mol. The molecule has 32 heavy (non-hydrogen) atoms. The topological polar surface area (TPSA) is 70.9 Å². The molecule has 5 rings (SSSR count). The fraction of sp³-hybridized carbons (Fsp3) is 0.522. The molecule has 2 fully saturated rings. The van der Waals surface area contributed by atoms with Crippen molar-refractivity contribution in [3.05, 3.63) is 47.0 Å². The number of nitrogens with zero attached hydrogens (tertiary/aromatic N) is 5. The van der Waals surface area contributed by atoms with Gasteiger partial charge in [-0.05, 0) is 43.5 Å². The average molecular weight is 442 g/mol. The standard InChI is InChI=1S/C23H28FN5O3/c24-17-4-6-18(7-5-17)29-20-3-1-2-19(20)22(25-29)23(31)28-10-8-27(9-11-28)21(30)16-26-12-14-32-15-13-26/h4-7H,1-3,8-16H2. The number of aromatic nitrogens is 2. The summed E-state index contributed by atoms with van der Waals surface area (Å²) in [7, 11) is 0. The van der Waals surface area contributed by atoms with Crippen LogP contribution in [0.4, 0.5) is 4.39 Å². The Morgan fingerprint density at radius 1 is 0.938 bits per heavy atom. The van der Waals surface area contributed by atoms with Gasteiger partial charge in [-0.15, -0.1) is 0 Å². The van der Waals surface area contributed by atoms with Crippen LogP contribution in [0.15, 0.2) is 24.3 Å². The van der Waals surface area contributed by atoms with Crippen LogP contribution in [0.25, 0.3) is 5.69 Å². The average Bonchev–Trinajstić information content (AvgIpc) is 3.43. The summed E-state index contributed by atoms with van der Waals surface area (Å²) in [5.41, 5.74) is 3.31. The summed E-state index contributed by atoms with van der Waals surface area (Å²) in [6.45, 7) is 5.41. The van der Waals surface area contributed by atoms with E-state index in [4.69, 9.17) is 4.74 Å². The van der Waals surface area contributed by atoms with Crippen LogP contribution in [0.5, 0.6) is 0 Å². The summed E-state index contributed by atoms with van der Waals surface area (Å²) in [6, 6.07) is 6.20. The van der Waals surface area contributed by atoms with E-state index in [1.54, 1.807) is 21.7 Å². The number of carbonyl (C=O) groups excluding carboxylic acids is 2. The van der Waals surface area contributed by atoms with E-state index in [1.807, 2.05) is 4.90 Å². The molecule has 0 radical (unpaired) electrons. The molecule has 0 unspecified atom stereocenters. The Morgan fingerprint density at radius 3 is 2.34 bits per heavy atom. The van der Waals surface area contributed by atoms with Crippen LogP contribution in [0.1, 0.15) is 28.2 Å². The van der Waals surface area contributed by atoms with Gasteiger partial charge < -0.3 is 14.5 Å². The molecular weight excluding hydrogens is 413 g/mol. The van der Waals surface area contributed by atoms with Crippen LogP contribution in [0, 0.1) is 5.82 Å². The maximum Gasteiger partial charge on any atom is 0.274 e. The van der Waals surface area contributed by atoms with Gasteiger partial charge in [0.1, 0.15) is 5.82 Å². The molecule has 0 saturated carbocycles. The van der Waals surface area contributed by atoms with Crippen molar-refractivity contribution in [3.63, 3.8) is 0 Å². The maximum atomic E-state index is 13.3. The van der Waals surface area contributed by atoms with E-state index in [-0.39, 0.29) is 17.6 Å². The number of fused-ring (bicyclic) bond motifs is 1. The number of halogens is 1. The number of benzene rings is 1. The number of piperazine rings is 1. The third kappa shape index (κ3) is 4.14. The second-order valence-electron chi connectivity index (χ2n) is 8.58. The van der Waals surface area contributed by atoms with Crippen molar-refractivity contribution in [2.45, 2.75) is 19.3 Å². The van der Waals surface area contributed by atoms with E-state index in [2.05, 4.69) is 10.00 Å². The van der Waals surface area contributed by atoms with Gasteiger partial charge in [-0.1, -0.05) is 0 Å². The van der Waals surface area contributed by atoms with Crippen molar-refractivity contribution < 1.29 is 18.7 Å². The molecule has 0 N–H and O–H groups in total. The maximum absolute atomic E-state index is 13.3. The van der Waals surface area contributed by atoms with Crippen molar-refractivity contribution in [1.82, 2.24) is 24.5 Å². The number of morpholine rings is 1. The summed E-state index contributed by atoms with van der Waals surface area (Å²) in [6.07, 6.45) is 2.67. The quantitative estimate of drug-likeness (QED) is 0.711. The Balaban J connectivity index is 1.25. The predicted octanol–water partition coefficient (Wildman–Crippen LogP) is 1.12. The lowest BCUT2D eigenvalue weighted by atomic mass is 10.1. The highest BCUT2D eigenvalue weighted by Crippen LogP contribution is 2.29. The molecule has 0 atom stereocenters. The van der Waals surface area contributed by atoms with Crippen LogP contribution < -0.4 is 0 Å². The van der Waals surface area contributed by atoms with Gasteiger partial charge in [-0.3, -0.25) is 14.5 Å². The number of hydrogen-bond donors (Lipinski definition) is 0. The fourth-order valence-corrected chi connectivity index (χ4v) is 4.76. The molecule has 170 valence electrons. The van der Waals surface area contributed by atoms with E-state index < -0.39 is 0 Å². The van der Waals surface area contributed by atoms with E-state index in [9.17, 15) is 14.0 Å². The SMILES string of the molecule is O=C(CN1CCOCC1)N1CCN(C(=O)c2nn(-c3ccc(F)cc3)c3c2CCC3)CC1. The Hall–Kier alpha value is -2.78. The first-order chi connectivity index (χ1) is 15.6. The lowest BCUT2D eigenvalue weighted by Crippen LogP contribution is -2.53. The van der Waals surface area contributed by atoms with E-state index in [1.165, 1.54) is 12.1 Å².